The fraction of sp³-hybridized carbons (Fsp3) is 0.857. The van der Waals surface area contributed by atoms with Crippen molar-refractivity contribution in [2.75, 3.05) is 0 Å². The monoisotopic (exact) mass is 194 g/mol. The Labute approximate surface area is 89.8 Å². The van der Waals surface area contributed by atoms with Crippen LogP contribution >= 0.6 is 0 Å². The first-order valence-corrected chi connectivity index (χ1v) is 6.18. The van der Waals surface area contributed by atoms with Crippen molar-refractivity contribution in [1.29, 1.82) is 0 Å². The first-order chi connectivity index (χ1) is 6.47. The van der Waals surface area contributed by atoms with Crippen LogP contribution in [0.5, 0.6) is 0 Å². The van der Waals surface area contributed by atoms with Gasteiger partial charge < -0.3 is 0 Å². The van der Waals surface area contributed by atoms with Crippen LogP contribution in [0.3, 0.4) is 0 Å². The molecule has 1 aliphatic rings. The maximum atomic E-state index is 2.51. The zero-order valence-electron chi connectivity index (χ0n) is 10.6. The third kappa shape index (κ3) is 2.62. The molecule has 1 saturated carbocycles. The summed E-state index contributed by atoms with van der Waals surface area (Å²) in [5.74, 6) is 1.60. The van der Waals surface area contributed by atoms with Crippen molar-refractivity contribution < 1.29 is 0 Å². The smallest absolute Gasteiger partial charge is 0.0152 e. The van der Waals surface area contributed by atoms with Gasteiger partial charge in [0.2, 0.25) is 0 Å². The van der Waals surface area contributed by atoms with Crippen molar-refractivity contribution >= 4 is 0 Å². The van der Waals surface area contributed by atoms with Crippen LogP contribution in [-0.4, -0.2) is 0 Å². The highest BCUT2D eigenvalue weighted by atomic mass is 14.4. The lowest BCUT2D eigenvalue weighted by atomic mass is 9.59. The normalized spacial score (nSPS) is 26.4. The van der Waals surface area contributed by atoms with Crippen LogP contribution < -0.4 is 0 Å². The molecule has 0 heteroatoms. The number of hydrogen-bond acceptors (Lipinski definition) is 0. The van der Waals surface area contributed by atoms with E-state index in [2.05, 4.69) is 40.7 Å². The van der Waals surface area contributed by atoms with Gasteiger partial charge in [0.15, 0.2) is 0 Å². The quantitative estimate of drug-likeness (QED) is 0.564. The predicted molar refractivity (Wildman–Crippen MR) is 64.3 cm³/mol. The third-order valence-corrected chi connectivity index (χ3v) is 3.55. The SMILES string of the molecule is CCCC(=CC(C)C)C1CCC1(C)C. The molecule has 1 aliphatic carbocycles. The van der Waals surface area contributed by atoms with Crippen LogP contribution in [-0.2, 0) is 0 Å². The minimum atomic E-state index is 0.579. The Kier molecular flexibility index (Phi) is 3.80. The van der Waals surface area contributed by atoms with Crippen molar-refractivity contribution in [1.82, 2.24) is 0 Å². The van der Waals surface area contributed by atoms with Crippen molar-refractivity contribution in [2.24, 2.45) is 17.3 Å². The molecule has 0 aromatic heterocycles. The minimum Gasteiger partial charge on any atom is -0.0825 e. The molecule has 0 spiro atoms. The average Bonchev–Trinajstić information content (AvgIpc) is 2.01. The molecule has 1 atom stereocenters. The summed E-state index contributed by atoms with van der Waals surface area (Å²) in [6.45, 7) is 11.7. The minimum absolute atomic E-state index is 0.579. The van der Waals surface area contributed by atoms with Crippen molar-refractivity contribution in [2.45, 2.75) is 60.3 Å². The lowest BCUT2D eigenvalue weighted by Crippen LogP contribution is -2.36. The average molecular weight is 194 g/mol. The van der Waals surface area contributed by atoms with Gasteiger partial charge in [-0.1, -0.05) is 52.7 Å². The molecule has 0 heterocycles. The third-order valence-electron chi connectivity index (χ3n) is 3.55. The van der Waals surface area contributed by atoms with Crippen molar-refractivity contribution in [3.8, 4) is 0 Å². The van der Waals surface area contributed by atoms with Crippen LogP contribution in [0, 0.1) is 17.3 Å². The number of hydrogen-bond donors (Lipinski definition) is 0. The van der Waals surface area contributed by atoms with E-state index in [1.54, 1.807) is 5.57 Å². The second-order valence-corrected chi connectivity index (χ2v) is 5.82. The zero-order valence-corrected chi connectivity index (χ0v) is 10.6. The van der Waals surface area contributed by atoms with E-state index in [9.17, 15) is 0 Å². The molecule has 0 bridgehead atoms. The Morgan fingerprint density at radius 3 is 2.36 bits per heavy atom. The molecule has 14 heavy (non-hydrogen) atoms. The first kappa shape index (κ1) is 11.8. The van der Waals surface area contributed by atoms with Gasteiger partial charge in [-0.2, -0.15) is 0 Å². The summed E-state index contributed by atoms with van der Waals surface area (Å²) >= 11 is 0. The van der Waals surface area contributed by atoms with E-state index in [4.69, 9.17) is 0 Å². The van der Waals surface area contributed by atoms with Gasteiger partial charge in [-0.15, -0.1) is 0 Å². The highest BCUT2D eigenvalue weighted by molar-refractivity contribution is 5.15. The molecule has 0 radical (unpaired) electrons. The van der Waals surface area contributed by atoms with Gasteiger partial charge in [0.05, 0.1) is 0 Å². The molecule has 0 aromatic carbocycles. The van der Waals surface area contributed by atoms with Gasteiger partial charge in [-0.05, 0) is 36.5 Å². The fourth-order valence-electron chi connectivity index (χ4n) is 2.64. The summed E-state index contributed by atoms with van der Waals surface area (Å²) in [6, 6.07) is 0. The molecule has 0 aliphatic heterocycles. The van der Waals surface area contributed by atoms with E-state index in [0.717, 1.165) is 5.92 Å². The maximum absolute atomic E-state index is 2.51. The van der Waals surface area contributed by atoms with E-state index in [-0.39, 0.29) is 0 Å². The molecular weight excluding hydrogens is 168 g/mol. The molecule has 0 saturated heterocycles. The van der Waals surface area contributed by atoms with Crippen LogP contribution in [0.15, 0.2) is 11.6 Å². The van der Waals surface area contributed by atoms with Crippen molar-refractivity contribution in [3.05, 3.63) is 11.6 Å². The summed E-state index contributed by atoms with van der Waals surface area (Å²) in [6.07, 6.45) is 7.95. The Morgan fingerprint density at radius 2 is 2.07 bits per heavy atom. The van der Waals surface area contributed by atoms with Crippen LogP contribution in [0.4, 0.5) is 0 Å². The van der Waals surface area contributed by atoms with E-state index < -0.39 is 0 Å². The molecule has 0 nitrogen and oxygen atoms in total. The molecule has 0 aromatic rings. The summed E-state index contributed by atoms with van der Waals surface area (Å²) in [5, 5.41) is 0. The van der Waals surface area contributed by atoms with E-state index in [1.165, 1.54) is 25.7 Å². The van der Waals surface area contributed by atoms with Crippen LogP contribution in [0.25, 0.3) is 0 Å². The summed E-state index contributed by atoms with van der Waals surface area (Å²) in [7, 11) is 0. The Bertz CT molecular complexity index is 208. The largest absolute Gasteiger partial charge is 0.0825 e. The highest BCUT2D eigenvalue weighted by Gasteiger charge is 2.39. The van der Waals surface area contributed by atoms with Gasteiger partial charge in [0.25, 0.3) is 0 Å². The van der Waals surface area contributed by atoms with E-state index in [1.807, 2.05) is 0 Å². The second kappa shape index (κ2) is 4.51. The lowest BCUT2D eigenvalue weighted by molar-refractivity contribution is 0.100. The molecule has 1 unspecified atom stereocenters. The Morgan fingerprint density at radius 1 is 1.43 bits per heavy atom. The van der Waals surface area contributed by atoms with Gasteiger partial charge in [-0.3, -0.25) is 0 Å². The summed E-state index contributed by atoms with van der Waals surface area (Å²) < 4.78 is 0. The maximum Gasteiger partial charge on any atom is -0.0152 e. The molecule has 82 valence electrons. The number of allylic oxidation sites excluding steroid dienone is 2. The molecule has 1 fully saturated rings. The summed E-state index contributed by atoms with van der Waals surface area (Å²) in [4.78, 5) is 0. The van der Waals surface area contributed by atoms with Crippen LogP contribution in [0.2, 0.25) is 0 Å². The topological polar surface area (TPSA) is 0 Å². The van der Waals surface area contributed by atoms with Gasteiger partial charge in [-0.25, -0.2) is 0 Å². The predicted octanol–water partition coefficient (Wildman–Crippen LogP) is 4.81. The summed E-state index contributed by atoms with van der Waals surface area (Å²) in [5.41, 5.74) is 2.31. The molecule has 0 N–H and O–H groups in total. The van der Waals surface area contributed by atoms with Gasteiger partial charge in [0, 0.05) is 0 Å². The van der Waals surface area contributed by atoms with Crippen molar-refractivity contribution in [3.63, 3.8) is 0 Å². The lowest BCUT2D eigenvalue weighted by Gasteiger charge is -2.46. The van der Waals surface area contributed by atoms with Crippen LogP contribution in [0.1, 0.15) is 60.3 Å². The molecular formula is C14H26. The molecule has 0 amide bonds. The second-order valence-electron chi connectivity index (χ2n) is 5.82. The zero-order chi connectivity index (χ0) is 10.8. The van der Waals surface area contributed by atoms with E-state index in [0.29, 0.717) is 11.3 Å². The Hall–Kier alpha value is -0.260. The van der Waals surface area contributed by atoms with Gasteiger partial charge in [0.1, 0.15) is 0 Å². The Balaban J connectivity index is 2.68. The standard InChI is InChI=1S/C14H26/c1-6-7-12(10-11(2)3)13-8-9-14(13,4)5/h10-11,13H,6-9H2,1-5H3. The fourth-order valence-corrected chi connectivity index (χ4v) is 2.64. The highest BCUT2D eigenvalue weighted by Crippen LogP contribution is 2.50. The van der Waals surface area contributed by atoms with E-state index >= 15 is 0 Å². The molecule has 1 rings (SSSR count). The van der Waals surface area contributed by atoms with Gasteiger partial charge >= 0.3 is 0 Å². The number of rotatable bonds is 4. The first-order valence-electron chi connectivity index (χ1n) is 6.18.